The Morgan fingerprint density at radius 3 is 2.54 bits per heavy atom. The summed E-state index contributed by atoms with van der Waals surface area (Å²) in [6.07, 6.45) is -0.455. The summed E-state index contributed by atoms with van der Waals surface area (Å²) in [6, 6.07) is 16.0. The zero-order valence-electron chi connectivity index (χ0n) is 15.2. The van der Waals surface area contributed by atoms with Gasteiger partial charge in [0.05, 0.1) is 18.7 Å². The monoisotopic (exact) mass is 379 g/mol. The van der Waals surface area contributed by atoms with Crippen molar-refractivity contribution < 1.29 is 23.5 Å². The SMILES string of the molecule is Cc1ccc(C(=O)C[C@@]2(O)C(=O)N(Cc3ccccc3F)c3ccccc32)o1. The first kappa shape index (κ1) is 18.1. The molecule has 1 aromatic heterocycles. The van der Waals surface area contributed by atoms with Crippen molar-refractivity contribution in [2.45, 2.75) is 25.5 Å². The molecule has 1 atom stereocenters. The molecule has 0 saturated heterocycles. The number of amides is 1. The van der Waals surface area contributed by atoms with Crippen LogP contribution in [0.1, 0.15) is 33.9 Å². The van der Waals surface area contributed by atoms with Crippen LogP contribution in [-0.2, 0) is 16.9 Å². The number of carbonyl (C=O) groups excluding carboxylic acids is 2. The molecule has 2 aromatic carbocycles. The number of Topliss-reactive ketones (excluding diaryl/α,β-unsaturated/α-hetero) is 1. The van der Waals surface area contributed by atoms with Gasteiger partial charge in [0.25, 0.3) is 5.91 Å². The Morgan fingerprint density at radius 2 is 1.82 bits per heavy atom. The summed E-state index contributed by atoms with van der Waals surface area (Å²) < 4.78 is 19.4. The maximum atomic E-state index is 14.1. The Labute approximate surface area is 161 Å². The second kappa shape index (κ2) is 6.73. The lowest BCUT2D eigenvalue weighted by Gasteiger charge is -2.22. The Kier molecular flexibility index (Phi) is 4.35. The van der Waals surface area contributed by atoms with Gasteiger partial charge in [0.15, 0.2) is 11.4 Å². The van der Waals surface area contributed by atoms with Crippen LogP contribution in [0.5, 0.6) is 0 Å². The highest BCUT2D eigenvalue weighted by atomic mass is 19.1. The fraction of sp³-hybridized carbons (Fsp3) is 0.182. The normalized spacial score (nSPS) is 18.4. The second-order valence-electron chi connectivity index (χ2n) is 6.87. The largest absolute Gasteiger partial charge is 0.458 e. The van der Waals surface area contributed by atoms with Gasteiger partial charge in [-0.15, -0.1) is 0 Å². The summed E-state index contributed by atoms with van der Waals surface area (Å²) in [5.41, 5.74) is -0.919. The molecule has 0 fully saturated rings. The van der Waals surface area contributed by atoms with E-state index in [2.05, 4.69) is 0 Å². The van der Waals surface area contributed by atoms with Crippen LogP contribution in [0.15, 0.2) is 65.1 Å². The summed E-state index contributed by atoms with van der Waals surface area (Å²) in [5.74, 6) is -0.927. The highest BCUT2D eigenvalue weighted by Crippen LogP contribution is 2.43. The van der Waals surface area contributed by atoms with E-state index in [0.29, 0.717) is 22.6 Å². The van der Waals surface area contributed by atoms with E-state index in [4.69, 9.17) is 4.42 Å². The van der Waals surface area contributed by atoms with Crippen LogP contribution < -0.4 is 4.90 Å². The van der Waals surface area contributed by atoms with E-state index in [-0.39, 0.29) is 12.3 Å². The fourth-order valence-corrected chi connectivity index (χ4v) is 3.54. The van der Waals surface area contributed by atoms with E-state index in [9.17, 15) is 19.1 Å². The predicted octanol–water partition coefficient (Wildman–Crippen LogP) is 3.73. The quantitative estimate of drug-likeness (QED) is 0.686. The van der Waals surface area contributed by atoms with Crippen LogP contribution in [0.3, 0.4) is 0 Å². The molecule has 3 aromatic rings. The molecule has 5 nitrogen and oxygen atoms in total. The van der Waals surface area contributed by atoms with E-state index < -0.39 is 29.5 Å². The minimum absolute atomic E-state index is 0.0428. The molecule has 0 unspecified atom stereocenters. The number of ketones is 1. The lowest BCUT2D eigenvalue weighted by Crippen LogP contribution is -2.41. The Bertz CT molecular complexity index is 1070. The van der Waals surface area contributed by atoms with Crippen LogP contribution in [0.25, 0.3) is 0 Å². The van der Waals surface area contributed by atoms with E-state index >= 15 is 0 Å². The molecule has 1 N–H and O–H groups in total. The standard InChI is InChI=1S/C22H18FNO4/c1-14-10-11-20(28-14)19(25)12-22(27)16-7-3-5-9-18(16)24(21(22)26)13-15-6-2-4-8-17(15)23/h2-11,27H,12-13H2,1H3/t22-/m0/s1. The first-order chi connectivity index (χ1) is 13.4. The number of aryl methyl sites for hydroxylation is 1. The van der Waals surface area contributed by atoms with Crippen molar-refractivity contribution >= 4 is 17.4 Å². The molecular formula is C22H18FNO4. The zero-order valence-corrected chi connectivity index (χ0v) is 15.2. The van der Waals surface area contributed by atoms with Gasteiger partial charge >= 0.3 is 0 Å². The maximum absolute atomic E-state index is 14.1. The van der Waals surface area contributed by atoms with E-state index in [1.165, 1.54) is 17.0 Å². The average molecular weight is 379 g/mol. The molecular weight excluding hydrogens is 361 g/mol. The number of halogens is 1. The van der Waals surface area contributed by atoms with Crippen LogP contribution in [0.4, 0.5) is 10.1 Å². The third-order valence-electron chi connectivity index (χ3n) is 4.96. The Balaban J connectivity index is 1.70. The molecule has 4 rings (SSSR count). The molecule has 0 bridgehead atoms. The van der Waals surface area contributed by atoms with Gasteiger partial charge in [-0.3, -0.25) is 9.59 Å². The highest BCUT2D eigenvalue weighted by Gasteiger charge is 2.51. The lowest BCUT2D eigenvalue weighted by molar-refractivity contribution is -0.136. The van der Waals surface area contributed by atoms with Crippen molar-refractivity contribution in [1.82, 2.24) is 0 Å². The smallest absolute Gasteiger partial charge is 0.264 e. The van der Waals surface area contributed by atoms with Gasteiger partial charge in [-0.05, 0) is 31.2 Å². The summed E-state index contributed by atoms with van der Waals surface area (Å²) >= 11 is 0. The topological polar surface area (TPSA) is 70.8 Å². The molecule has 28 heavy (non-hydrogen) atoms. The van der Waals surface area contributed by atoms with Crippen molar-refractivity contribution in [3.8, 4) is 0 Å². The molecule has 6 heteroatoms. The summed E-state index contributed by atoms with van der Waals surface area (Å²) in [4.78, 5) is 27.1. The van der Waals surface area contributed by atoms with E-state index in [0.717, 1.165) is 0 Å². The van der Waals surface area contributed by atoms with Crippen LogP contribution >= 0.6 is 0 Å². The van der Waals surface area contributed by atoms with Crippen molar-refractivity contribution in [2.75, 3.05) is 4.90 Å². The maximum Gasteiger partial charge on any atom is 0.264 e. The minimum atomic E-state index is -2.03. The van der Waals surface area contributed by atoms with Gasteiger partial charge < -0.3 is 14.4 Å². The molecule has 2 heterocycles. The summed E-state index contributed by atoms with van der Waals surface area (Å²) in [5, 5.41) is 11.2. The average Bonchev–Trinajstić information content (AvgIpc) is 3.20. The van der Waals surface area contributed by atoms with Crippen LogP contribution in [-0.4, -0.2) is 16.8 Å². The zero-order chi connectivity index (χ0) is 19.9. The molecule has 0 aliphatic carbocycles. The number of anilines is 1. The van der Waals surface area contributed by atoms with Crippen molar-refractivity contribution in [3.05, 3.63) is 89.1 Å². The number of hydrogen-bond acceptors (Lipinski definition) is 4. The molecule has 1 aliphatic rings. The number of aliphatic hydroxyl groups is 1. The van der Waals surface area contributed by atoms with Gasteiger partial charge in [-0.2, -0.15) is 0 Å². The molecule has 1 aliphatic heterocycles. The van der Waals surface area contributed by atoms with Gasteiger partial charge in [-0.25, -0.2) is 4.39 Å². The first-order valence-electron chi connectivity index (χ1n) is 8.87. The van der Waals surface area contributed by atoms with Crippen LogP contribution in [0.2, 0.25) is 0 Å². The van der Waals surface area contributed by atoms with Gasteiger partial charge in [-0.1, -0.05) is 36.4 Å². The van der Waals surface area contributed by atoms with Crippen LogP contribution in [0, 0.1) is 12.7 Å². The molecule has 0 spiro atoms. The number of rotatable bonds is 5. The number of carbonyl (C=O) groups is 2. The molecule has 0 radical (unpaired) electrons. The van der Waals surface area contributed by atoms with Crippen molar-refractivity contribution in [3.63, 3.8) is 0 Å². The number of fused-ring (bicyclic) bond motifs is 1. The number of para-hydroxylation sites is 1. The van der Waals surface area contributed by atoms with Gasteiger partial charge in [0.2, 0.25) is 5.78 Å². The number of furan rings is 1. The third-order valence-corrected chi connectivity index (χ3v) is 4.96. The molecule has 1 amide bonds. The van der Waals surface area contributed by atoms with Gasteiger partial charge in [0, 0.05) is 11.1 Å². The van der Waals surface area contributed by atoms with E-state index in [1.807, 2.05) is 0 Å². The van der Waals surface area contributed by atoms with Gasteiger partial charge in [0.1, 0.15) is 11.6 Å². The third kappa shape index (κ3) is 2.92. The number of nitrogens with zero attached hydrogens (tertiary/aromatic N) is 1. The number of hydrogen-bond donors (Lipinski definition) is 1. The lowest BCUT2D eigenvalue weighted by atomic mass is 9.89. The summed E-state index contributed by atoms with van der Waals surface area (Å²) in [6.45, 7) is 1.66. The Morgan fingerprint density at radius 1 is 1.11 bits per heavy atom. The summed E-state index contributed by atoms with van der Waals surface area (Å²) in [7, 11) is 0. The Hall–Kier alpha value is -3.25. The second-order valence-corrected chi connectivity index (χ2v) is 6.87. The van der Waals surface area contributed by atoms with Crippen molar-refractivity contribution in [2.24, 2.45) is 0 Å². The highest BCUT2D eigenvalue weighted by molar-refractivity contribution is 6.10. The molecule has 142 valence electrons. The number of benzene rings is 2. The fourth-order valence-electron chi connectivity index (χ4n) is 3.54. The first-order valence-corrected chi connectivity index (χ1v) is 8.87. The van der Waals surface area contributed by atoms with Crippen molar-refractivity contribution in [1.29, 1.82) is 0 Å². The predicted molar refractivity (Wildman–Crippen MR) is 100 cm³/mol. The van der Waals surface area contributed by atoms with E-state index in [1.54, 1.807) is 55.5 Å². The molecule has 0 saturated carbocycles. The minimum Gasteiger partial charge on any atom is -0.458 e.